The molecule has 1 saturated heterocycles. The number of aryl methyl sites for hydroxylation is 2. The van der Waals surface area contributed by atoms with Gasteiger partial charge in [-0.15, -0.1) is 11.3 Å². The predicted molar refractivity (Wildman–Crippen MR) is 61.5 cm³/mol. The molecule has 0 bridgehead atoms. The van der Waals surface area contributed by atoms with Gasteiger partial charge < -0.3 is 0 Å². The molecule has 0 aliphatic carbocycles. The second-order valence-electron chi connectivity index (χ2n) is 3.73. The molecule has 90 valence electrons. The highest BCUT2D eigenvalue weighted by Crippen LogP contribution is 2.20. The van der Waals surface area contributed by atoms with Gasteiger partial charge in [0.1, 0.15) is 6.54 Å². The van der Waals surface area contributed by atoms with Crippen LogP contribution in [-0.2, 0) is 4.79 Å². The zero-order valence-corrected chi connectivity index (χ0v) is 10.2. The lowest BCUT2D eigenvalue weighted by Crippen LogP contribution is -2.43. The molecule has 17 heavy (non-hydrogen) atoms. The third-order valence-corrected chi connectivity index (χ3v) is 3.57. The number of carbonyl (C=O) groups excluding carboxylic acids is 3. The maximum atomic E-state index is 11.8. The fraction of sp³-hybridized carbons (Fsp3) is 0.300. The van der Waals surface area contributed by atoms with Crippen LogP contribution in [0, 0.1) is 13.8 Å². The van der Waals surface area contributed by atoms with E-state index in [1.807, 2.05) is 13.8 Å². The summed E-state index contributed by atoms with van der Waals surface area (Å²) in [4.78, 5) is 35.5. The number of carbonyl (C=O) groups is 3. The molecule has 1 aromatic rings. The van der Waals surface area contributed by atoms with Crippen molar-refractivity contribution in [2.45, 2.75) is 13.8 Å². The lowest BCUT2D eigenvalue weighted by molar-refractivity contribution is -0.118. The van der Waals surface area contributed by atoms with Crippen LogP contribution in [0.25, 0.3) is 0 Å². The molecule has 4 amide bonds. The Balaban J connectivity index is 2.07. The van der Waals surface area contributed by atoms with Crippen molar-refractivity contribution in [1.82, 2.24) is 15.8 Å². The summed E-state index contributed by atoms with van der Waals surface area (Å²) in [5.74, 6) is -0.801. The normalized spacial score (nSPS) is 15.1. The van der Waals surface area contributed by atoms with E-state index in [-0.39, 0.29) is 12.5 Å². The quantitative estimate of drug-likeness (QED) is 0.756. The number of hydrogen-bond acceptors (Lipinski definition) is 4. The molecule has 2 N–H and O–H groups in total. The number of hydrogen-bond donors (Lipinski definition) is 2. The molecule has 0 radical (unpaired) electrons. The predicted octanol–water partition coefficient (Wildman–Crippen LogP) is 0.562. The zero-order valence-electron chi connectivity index (χ0n) is 9.36. The van der Waals surface area contributed by atoms with Crippen LogP contribution in [0.2, 0.25) is 0 Å². The van der Waals surface area contributed by atoms with Gasteiger partial charge in [0, 0.05) is 4.88 Å². The molecule has 2 heterocycles. The second kappa shape index (κ2) is 4.17. The summed E-state index contributed by atoms with van der Waals surface area (Å²) in [5, 5.41) is 3.04. The van der Waals surface area contributed by atoms with Gasteiger partial charge in [-0.3, -0.25) is 20.3 Å². The Morgan fingerprint density at radius 1 is 1.47 bits per heavy atom. The summed E-state index contributed by atoms with van der Waals surface area (Å²) >= 11 is 1.35. The van der Waals surface area contributed by atoms with E-state index >= 15 is 0 Å². The van der Waals surface area contributed by atoms with Gasteiger partial charge in [0.25, 0.3) is 5.91 Å². The van der Waals surface area contributed by atoms with E-state index in [1.54, 1.807) is 6.07 Å². The molecule has 0 aromatic carbocycles. The first kappa shape index (κ1) is 11.6. The molecule has 2 rings (SSSR count). The van der Waals surface area contributed by atoms with E-state index in [1.165, 1.54) is 11.3 Å². The average Bonchev–Trinajstić information content (AvgIpc) is 2.72. The fourth-order valence-electron chi connectivity index (χ4n) is 1.39. The van der Waals surface area contributed by atoms with E-state index in [4.69, 9.17) is 0 Å². The smallest absolute Gasteiger partial charge is 0.275 e. The van der Waals surface area contributed by atoms with Crippen molar-refractivity contribution in [3.05, 3.63) is 21.4 Å². The molecule has 1 aliphatic rings. The van der Waals surface area contributed by atoms with E-state index in [0.29, 0.717) is 4.88 Å². The number of hydrazine groups is 1. The van der Waals surface area contributed by atoms with Crippen LogP contribution in [0.3, 0.4) is 0 Å². The van der Waals surface area contributed by atoms with Gasteiger partial charge >= 0.3 is 6.03 Å². The zero-order chi connectivity index (χ0) is 12.6. The number of rotatable bonds is 2. The SMILES string of the molecule is Cc1cc(C(=O)NN2CC(=O)NC2=O)sc1C. The summed E-state index contributed by atoms with van der Waals surface area (Å²) in [7, 11) is 0. The number of urea groups is 1. The average molecular weight is 253 g/mol. The van der Waals surface area contributed by atoms with Crippen molar-refractivity contribution in [2.75, 3.05) is 6.54 Å². The van der Waals surface area contributed by atoms with Gasteiger partial charge in [-0.05, 0) is 25.5 Å². The fourth-order valence-corrected chi connectivity index (χ4v) is 2.32. The molecule has 1 aliphatic heterocycles. The van der Waals surface area contributed by atoms with Crippen LogP contribution in [0.5, 0.6) is 0 Å². The molecule has 0 saturated carbocycles. The molecule has 7 heteroatoms. The maximum Gasteiger partial charge on any atom is 0.343 e. The van der Waals surface area contributed by atoms with Crippen molar-refractivity contribution >= 4 is 29.2 Å². The van der Waals surface area contributed by atoms with Crippen LogP contribution < -0.4 is 10.7 Å². The first-order valence-corrected chi connectivity index (χ1v) is 5.78. The first-order chi connectivity index (χ1) is 7.97. The topological polar surface area (TPSA) is 78.5 Å². The van der Waals surface area contributed by atoms with Gasteiger partial charge in [-0.25, -0.2) is 9.80 Å². The maximum absolute atomic E-state index is 11.8. The summed E-state index contributed by atoms with van der Waals surface area (Å²) in [6, 6.07) is 1.15. The van der Waals surface area contributed by atoms with Gasteiger partial charge in [0.05, 0.1) is 4.88 Å². The Morgan fingerprint density at radius 3 is 2.65 bits per heavy atom. The summed E-state index contributed by atoms with van der Waals surface area (Å²) in [6.07, 6.45) is 0. The van der Waals surface area contributed by atoms with Crippen molar-refractivity contribution < 1.29 is 14.4 Å². The lowest BCUT2D eigenvalue weighted by Gasteiger charge is -2.13. The molecule has 0 spiro atoms. The number of imide groups is 1. The molecule has 6 nitrogen and oxygen atoms in total. The Morgan fingerprint density at radius 2 is 2.18 bits per heavy atom. The standard InChI is InChI=1S/C10H11N3O3S/c1-5-3-7(17-6(5)2)9(15)12-13-4-8(14)11-10(13)16/h3H,4H2,1-2H3,(H,12,15)(H,11,14,16). The van der Waals surface area contributed by atoms with E-state index < -0.39 is 11.9 Å². The highest BCUT2D eigenvalue weighted by atomic mass is 32.1. The summed E-state index contributed by atoms with van der Waals surface area (Å²) in [6.45, 7) is 3.69. The third kappa shape index (κ3) is 2.28. The molecule has 0 atom stereocenters. The third-order valence-electron chi connectivity index (χ3n) is 2.42. The van der Waals surface area contributed by atoms with Crippen molar-refractivity contribution in [2.24, 2.45) is 0 Å². The number of nitrogens with one attached hydrogen (secondary N) is 2. The van der Waals surface area contributed by atoms with E-state index in [0.717, 1.165) is 15.4 Å². The molecule has 1 aromatic heterocycles. The van der Waals surface area contributed by atoms with Crippen LogP contribution >= 0.6 is 11.3 Å². The minimum atomic E-state index is -0.603. The number of thiophene rings is 1. The van der Waals surface area contributed by atoms with E-state index in [9.17, 15) is 14.4 Å². The second-order valence-corrected chi connectivity index (χ2v) is 4.99. The number of nitrogens with zero attached hydrogens (tertiary/aromatic N) is 1. The largest absolute Gasteiger partial charge is 0.343 e. The Hall–Kier alpha value is -1.89. The molecular weight excluding hydrogens is 242 g/mol. The Kier molecular flexibility index (Phi) is 2.84. The van der Waals surface area contributed by atoms with Crippen molar-refractivity contribution in [3.63, 3.8) is 0 Å². The van der Waals surface area contributed by atoms with Gasteiger partial charge in [0.2, 0.25) is 5.91 Å². The highest BCUT2D eigenvalue weighted by molar-refractivity contribution is 7.14. The minimum absolute atomic E-state index is 0.145. The van der Waals surface area contributed by atoms with Crippen molar-refractivity contribution in [1.29, 1.82) is 0 Å². The van der Waals surface area contributed by atoms with Gasteiger partial charge in [0.15, 0.2) is 0 Å². The molecule has 1 fully saturated rings. The van der Waals surface area contributed by atoms with Crippen LogP contribution in [0.1, 0.15) is 20.1 Å². The van der Waals surface area contributed by atoms with Crippen LogP contribution in [-0.4, -0.2) is 29.4 Å². The Labute approximate surface area is 102 Å². The van der Waals surface area contributed by atoms with E-state index in [2.05, 4.69) is 10.7 Å². The first-order valence-electron chi connectivity index (χ1n) is 4.96. The minimum Gasteiger partial charge on any atom is -0.275 e. The lowest BCUT2D eigenvalue weighted by atomic mass is 10.3. The summed E-state index contributed by atoms with van der Waals surface area (Å²) < 4.78 is 0. The van der Waals surface area contributed by atoms with Crippen LogP contribution in [0.15, 0.2) is 6.07 Å². The van der Waals surface area contributed by atoms with Crippen LogP contribution in [0.4, 0.5) is 4.79 Å². The van der Waals surface area contributed by atoms with Crippen molar-refractivity contribution in [3.8, 4) is 0 Å². The highest BCUT2D eigenvalue weighted by Gasteiger charge is 2.28. The Bertz CT molecular complexity index is 489. The monoisotopic (exact) mass is 253 g/mol. The molecule has 0 unspecified atom stereocenters. The van der Waals surface area contributed by atoms with Gasteiger partial charge in [-0.1, -0.05) is 0 Å². The van der Waals surface area contributed by atoms with Gasteiger partial charge in [-0.2, -0.15) is 0 Å². The number of amides is 4. The molecular formula is C10H11N3O3S. The summed E-state index contributed by atoms with van der Waals surface area (Å²) in [5.41, 5.74) is 3.42.